The molecule has 2 aromatic heterocycles. The van der Waals surface area contributed by atoms with E-state index < -0.39 is 52.6 Å². The molecule has 1 aliphatic carbocycles. The molecule has 4 aromatic rings. The molecule has 9 rings (SSSR count). The van der Waals surface area contributed by atoms with E-state index >= 15 is 0 Å². The first-order valence-electron chi connectivity index (χ1n) is 24.4. The van der Waals surface area contributed by atoms with Crippen LogP contribution in [-0.4, -0.2) is 116 Å². The lowest BCUT2D eigenvalue weighted by molar-refractivity contribution is -0.138. The Bertz CT molecular complexity index is 2530. The number of piperidine rings is 3. The third-order valence-electron chi connectivity index (χ3n) is 14.0. The molecule has 392 valence electrons. The van der Waals surface area contributed by atoms with Gasteiger partial charge in [-0.2, -0.15) is 18.3 Å². The molecule has 72 heavy (non-hydrogen) atoms. The molecule has 0 bridgehead atoms. The number of hydrogen-bond donors (Lipinski definition) is 5. The maximum Gasteiger partial charge on any atom is 0.419 e. The highest BCUT2D eigenvalue weighted by Gasteiger charge is 2.45. The standard InChI is InChI=1S/C29H38N4O4.C18H18F4N6OS.C3H9N.CH4/c34-25-9-8-24(26(35)30-25)33-27(36)22-7-6-21(18-23(22)28(33)37)32-16-12-29(13-17-32)10-14-31(15-11-29)19-20-4-2-1-3-5-20;1-17(2,29)9-28-8-10(6-25-28)15-12(18(20,21)22)7-24-16(27-15)26-14-4-3-11(30-23)5-13(14)19;1-3-4-2;/h6-7,18,20,24H,1-5,8-17,19H2,(H,30,34,35);3-8,29H,9,23H2,1-2H3,(H,24,26,27);4H,3H2,1-2H3;1H4. The maximum atomic E-state index is 14.2. The van der Waals surface area contributed by atoms with Crippen molar-refractivity contribution < 1.29 is 41.8 Å². The molecule has 5 aliphatic rings. The molecule has 1 unspecified atom stereocenters. The lowest BCUT2D eigenvalue weighted by atomic mass is 9.71. The van der Waals surface area contributed by atoms with Crippen molar-refractivity contribution in [1.82, 2.24) is 40.2 Å². The van der Waals surface area contributed by atoms with Gasteiger partial charge in [-0.1, -0.05) is 33.6 Å². The summed E-state index contributed by atoms with van der Waals surface area (Å²) in [6.07, 6.45) is 10.7. The number of fused-ring (bicyclic) bond motifs is 1. The van der Waals surface area contributed by atoms with Crippen molar-refractivity contribution in [3.8, 4) is 11.3 Å². The number of nitrogens with two attached hydrogens (primary N) is 1. The van der Waals surface area contributed by atoms with Crippen molar-refractivity contribution in [2.45, 2.75) is 128 Å². The smallest absolute Gasteiger partial charge is 0.389 e. The first-order chi connectivity index (χ1) is 33.8. The highest BCUT2D eigenvalue weighted by Crippen LogP contribution is 2.43. The molecule has 0 radical (unpaired) electrons. The number of amides is 4. The molecular formula is C51H69F4N11O5S. The number of hydrogen-bond acceptors (Lipinski definition) is 14. The van der Waals surface area contributed by atoms with Gasteiger partial charge in [0.15, 0.2) is 0 Å². The number of likely N-dealkylation sites (tertiary alicyclic amines) is 1. The lowest BCUT2D eigenvalue weighted by Crippen LogP contribution is -2.54. The number of alkyl halides is 3. The van der Waals surface area contributed by atoms with Gasteiger partial charge in [-0.3, -0.25) is 39.2 Å². The first-order valence-corrected chi connectivity index (χ1v) is 25.3. The van der Waals surface area contributed by atoms with Crippen LogP contribution in [-0.2, 0) is 22.3 Å². The van der Waals surface area contributed by atoms with Crippen LogP contribution in [0.2, 0.25) is 0 Å². The summed E-state index contributed by atoms with van der Waals surface area (Å²) in [5.74, 6) is -1.79. The minimum absolute atomic E-state index is 0. The number of rotatable bonds is 11. The molecule has 3 saturated heterocycles. The molecular weight excluding hydrogens is 955 g/mol. The number of imide groups is 2. The van der Waals surface area contributed by atoms with E-state index in [-0.39, 0.29) is 49.9 Å². The fourth-order valence-corrected chi connectivity index (χ4v) is 10.3. The van der Waals surface area contributed by atoms with Gasteiger partial charge in [0.05, 0.1) is 40.9 Å². The van der Waals surface area contributed by atoms with Gasteiger partial charge in [0.25, 0.3) is 11.8 Å². The predicted molar refractivity (Wildman–Crippen MR) is 270 cm³/mol. The van der Waals surface area contributed by atoms with Gasteiger partial charge in [0.1, 0.15) is 17.4 Å². The summed E-state index contributed by atoms with van der Waals surface area (Å²) in [6.45, 7) is 12.0. The summed E-state index contributed by atoms with van der Waals surface area (Å²) < 4.78 is 55.9. The average molecular weight is 1020 g/mol. The summed E-state index contributed by atoms with van der Waals surface area (Å²) in [5, 5.41) is 27.0. The number of nitrogens with zero attached hydrogens (tertiary/aromatic N) is 7. The second-order valence-corrected chi connectivity index (χ2v) is 20.5. The van der Waals surface area contributed by atoms with Crippen molar-refractivity contribution in [2.75, 3.05) is 56.5 Å². The topological polar surface area (TPSA) is 204 Å². The van der Waals surface area contributed by atoms with Crippen LogP contribution in [0.5, 0.6) is 0 Å². The molecule has 1 saturated carbocycles. The zero-order valence-corrected chi connectivity index (χ0v) is 41.6. The molecule has 4 amide bonds. The Balaban J connectivity index is 0.000000221. The Morgan fingerprint density at radius 1 is 0.917 bits per heavy atom. The van der Waals surface area contributed by atoms with Crippen LogP contribution in [0, 0.1) is 17.2 Å². The van der Waals surface area contributed by atoms with Crippen molar-refractivity contribution in [3.63, 3.8) is 0 Å². The summed E-state index contributed by atoms with van der Waals surface area (Å²) in [5.41, 5.74) is -0.424. The van der Waals surface area contributed by atoms with E-state index in [0.29, 0.717) is 27.6 Å². The van der Waals surface area contributed by atoms with Crippen molar-refractivity contribution in [2.24, 2.45) is 16.5 Å². The third kappa shape index (κ3) is 13.8. The number of aliphatic hydroxyl groups is 1. The van der Waals surface area contributed by atoms with Crippen molar-refractivity contribution in [1.29, 1.82) is 0 Å². The van der Waals surface area contributed by atoms with Crippen molar-refractivity contribution >= 4 is 52.9 Å². The molecule has 1 atom stereocenters. The molecule has 16 nitrogen and oxygen atoms in total. The van der Waals surface area contributed by atoms with E-state index in [1.165, 1.54) is 93.8 Å². The predicted octanol–water partition coefficient (Wildman–Crippen LogP) is 8.19. The van der Waals surface area contributed by atoms with Crippen LogP contribution < -0.4 is 26.0 Å². The van der Waals surface area contributed by atoms with Crippen LogP contribution in [0.15, 0.2) is 59.9 Å². The van der Waals surface area contributed by atoms with Crippen LogP contribution in [0.25, 0.3) is 11.3 Å². The normalized spacial score (nSPS) is 19.4. The molecule has 6 N–H and O–H groups in total. The molecule has 4 fully saturated rings. The molecule has 21 heteroatoms. The second kappa shape index (κ2) is 24.0. The number of carbonyl (C=O) groups is 4. The lowest BCUT2D eigenvalue weighted by Gasteiger charge is -2.48. The zero-order valence-electron chi connectivity index (χ0n) is 40.8. The van der Waals surface area contributed by atoms with Gasteiger partial charge in [0, 0.05) is 54.6 Å². The maximum absolute atomic E-state index is 14.2. The van der Waals surface area contributed by atoms with Gasteiger partial charge in [-0.25, -0.2) is 14.4 Å². The Hall–Kier alpha value is -5.48. The van der Waals surface area contributed by atoms with E-state index in [9.17, 15) is 41.8 Å². The molecule has 2 aromatic carbocycles. The largest absolute Gasteiger partial charge is 0.419 e. The third-order valence-corrected chi connectivity index (χ3v) is 14.5. The SMILES string of the molecule is C.CC(C)(O)Cn1cc(-c2nc(Nc3ccc(SN)cc3F)ncc2C(F)(F)F)cn1.CCNC.O=C1CCC(N2C(=O)c3ccc(N4CCC5(CCN(CC6CCCCC6)CC5)CC4)cc3C2=O)C(=O)N1. The number of carbonyl (C=O) groups excluding carboxylic acids is 4. The van der Waals surface area contributed by atoms with E-state index in [0.717, 1.165) is 60.9 Å². The number of nitrogens with one attached hydrogen (secondary N) is 3. The summed E-state index contributed by atoms with van der Waals surface area (Å²) in [6, 6.07) is 8.67. The minimum Gasteiger partial charge on any atom is -0.389 e. The Morgan fingerprint density at radius 3 is 2.19 bits per heavy atom. The fourth-order valence-electron chi connectivity index (χ4n) is 9.97. The molecule has 4 aliphatic heterocycles. The minimum atomic E-state index is -4.71. The Labute approximate surface area is 423 Å². The molecule has 1 spiro atoms. The number of halogens is 4. The summed E-state index contributed by atoms with van der Waals surface area (Å²) >= 11 is 0.857. The fraction of sp³-hybridized carbons (Fsp3) is 0.549. The van der Waals surface area contributed by atoms with E-state index in [4.69, 9.17) is 5.14 Å². The number of aromatic nitrogens is 4. The zero-order chi connectivity index (χ0) is 51.1. The van der Waals surface area contributed by atoms with E-state index in [2.05, 4.69) is 47.7 Å². The molecule has 6 heterocycles. The second-order valence-electron chi connectivity index (χ2n) is 19.8. The average Bonchev–Trinajstić information content (AvgIpc) is 3.90. The monoisotopic (exact) mass is 1020 g/mol. The number of benzene rings is 2. The van der Waals surface area contributed by atoms with Crippen LogP contribution in [0.3, 0.4) is 0 Å². The van der Waals surface area contributed by atoms with Gasteiger partial charge in [0.2, 0.25) is 17.8 Å². The Kier molecular flexibility index (Phi) is 18.6. The highest BCUT2D eigenvalue weighted by molar-refractivity contribution is 7.97. The van der Waals surface area contributed by atoms with Gasteiger partial charge in [-0.15, -0.1) is 0 Å². The van der Waals surface area contributed by atoms with Crippen LogP contribution in [0.4, 0.5) is 34.9 Å². The quantitative estimate of drug-likeness (QED) is 0.0546. The highest BCUT2D eigenvalue weighted by atomic mass is 32.2. The van der Waals surface area contributed by atoms with Gasteiger partial charge >= 0.3 is 6.18 Å². The number of anilines is 3. The van der Waals surface area contributed by atoms with Crippen LogP contribution >= 0.6 is 11.9 Å². The van der Waals surface area contributed by atoms with Crippen LogP contribution in [0.1, 0.15) is 125 Å². The first kappa shape index (κ1) is 55.8. The van der Waals surface area contributed by atoms with Crippen molar-refractivity contribution in [3.05, 3.63) is 77.5 Å². The van der Waals surface area contributed by atoms with E-state index in [1.807, 2.05) is 19.2 Å². The Morgan fingerprint density at radius 2 is 1.58 bits per heavy atom. The summed E-state index contributed by atoms with van der Waals surface area (Å²) in [4.78, 5) is 64.2. The van der Waals surface area contributed by atoms with Gasteiger partial charge < -0.3 is 25.5 Å². The summed E-state index contributed by atoms with van der Waals surface area (Å²) in [7, 11) is 1.93. The van der Waals surface area contributed by atoms with E-state index in [1.54, 1.807) is 26.0 Å². The van der Waals surface area contributed by atoms with Gasteiger partial charge in [-0.05, 0) is 145 Å².